The van der Waals surface area contributed by atoms with Crippen LogP contribution >= 0.6 is 0 Å². The smallest absolute Gasteiger partial charge is 0.283 e. The van der Waals surface area contributed by atoms with Crippen molar-refractivity contribution in [3.63, 3.8) is 0 Å². The molecule has 0 radical (unpaired) electrons. The Hall–Kier alpha value is -5.78. The van der Waals surface area contributed by atoms with Crippen LogP contribution in [0.5, 0.6) is 23.0 Å². The zero-order valence-corrected chi connectivity index (χ0v) is 21.7. The van der Waals surface area contributed by atoms with Gasteiger partial charge in [-0.15, -0.1) is 0 Å². The van der Waals surface area contributed by atoms with Gasteiger partial charge in [0.2, 0.25) is 0 Å². The molecule has 0 aromatic heterocycles. The van der Waals surface area contributed by atoms with Gasteiger partial charge in [0.25, 0.3) is 11.4 Å². The molecule has 4 aromatic carbocycles. The number of hydrogen-bond acceptors (Lipinski definition) is 10. The lowest BCUT2D eigenvalue weighted by molar-refractivity contribution is -0.385. The second kappa shape index (κ2) is 14.4. The largest absolute Gasteiger partial charge is 0.504 e. The van der Waals surface area contributed by atoms with Crippen LogP contribution in [0.4, 0.5) is 11.4 Å². The highest BCUT2D eigenvalue weighted by Crippen LogP contribution is 2.37. The van der Waals surface area contributed by atoms with Crippen LogP contribution < -0.4 is 14.2 Å². The SMILES string of the molecule is COc1c(OCc2ccccc2)ccc([N+](=O)[O-])c1C=O.O=Cc1c([N+](=O)[O-])ccc(OCc2ccccc2)c1O. The molecule has 0 unspecified atom stereocenters. The molecule has 4 aromatic rings. The van der Waals surface area contributed by atoms with Gasteiger partial charge in [0.05, 0.1) is 17.0 Å². The van der Waals surface area contributed by atoms with Gasteiger partial charge in [-0.1, -0.05) is 60.7 Å². The first-order valence-corrected chi connectivity index (χ1v) is 11.9. The van der Waals surface area contributed by atoms with Gasteiger partial charge in [-0.2, -0.15) is 0 Å². The summed E-state index contributed by atoms with van der Waals surface area (Å²) in [6.07, 6.45) is 0.634. The van der Waals surface area contributed by atoms with Crippen LogP contribution in [0, 0.1) is 20.2 Å². The van der Waals surface area contributed by atoms with E-state index in [0.717, 1.165) is 17.2 Å². The molecule has 12 nitrogen and oxygen atoms in total. The monoisotopic (exact) mass is 560 g/mol. The van der Waals surface area contributed by atoms with Crippen LogP contribution in [0.15, 0.2) is 84.9 Å². The van der Waals surface area contributed by atoms with Gasteiger partial charge < -0.3 is 19.3 Å². The molecule has 0 saturated heterocycles. The van der Waals surface area contributed by atoms with Crippen molar-refractivity contribution in [2.24, 2.45) is 0 Å². The minimum atomic E-state index is -0.732. The molecule has 0 bridgehead atoms. The lowest BCUT2D eigenvalue weighted by atomic mass is 10.1. The van der Waals surface area contributed by atoms with Gasteiger partial charge in [-0.3, -0.25) is 29.8 Å². The fourth-order valence-corrected chi connectivity index (χ4v) is 3.61. The summed E-state index contributed by atoms with van der Waals surface area (Å²) >= 11 is 0. The molecule has 1 N–H and O–H groups in total. The summed E-state index contributed by atoms with van der Waals surface area (Å²) in [7, 11) is 1.33. The van der Waals surface area contributed by atoms with Gasteiger partial charge in [0.15, 0.2) is 35.6 Å². The zero-order chi connectivity index (χ0) is 29.8. The molecule has 12 heteroatoms. The van der Waals surface area contributed by atoms with Crippen molar-refractivity contribution in [1.29, 1.82) is 0 Å². The van der Waals surface area contributed by atoms with Crippen molar-refractivity contribution in [3.8, 4) is 23.0 Å². The summed E-state index contributed by atoms with van der Waals surface area (Å²) in [6, 6.07) is 23.7. The number of hydrogen-bond donors (Lipinski definition) is 1. The van der Waals surface area contributed by atoms with E-state index in [9.17, 15) is 34.9 Å². The number of ether oxygens (including phenoxy) is 3. The van der Waals surface area contributed by atoms with Crippen molar-refractivity contribution in [3.05, 3.63) is 127 Å². The number of benzene rings is 4. The molecule has 0 heterocycles. The second-order valence-corrected chi connectivity index (χ2v) is 8.17. The molecule has 0 aliphatic rings. The van der Waals surface area contributed by atoms with E-state index in [0.29, 0.717) is 6.29 Å². The Bertz CT molecular complexity index is 1530. The fraction of sp³-hybridized carbons (Fsp3) is 0.103. The van der Waals surface area contributed by atoms with E-state index in [4.69, 9.17) is 14.2 Å². The number of carbonyl (C=O) groups is 2. The van der Waals surface area contributed by atoms with Crippen molar-refractivity contribution in [1.82, 2.24) is 0 Å². The standard InChI is InChI=1S/C15H13NO5.C14H11NO5/c1-20-15-12(9-17)13(16(18)19)7-8-14(15)21-10-11-5-3-2-4-6-11;16-8-11-12(15(18)19)6-7-13(14(11)17)20-9-10-4-2-1-3-5-10/h2-9H,10H2,1H3;1-8,17H,9H2. The molecule has 0 saturated carbocycles. The van der Waals surface area contributed by atoms with Gasteiger partial charge in [-0.25, -0.2) is 0 Å². The predicted octanol–water partition coefficient (Wildman–Crippen LogP) is 5.69. The molecular formula is C29H24N2O10. The Morgan fingerprint density at radius 3 is 1.56 bits per heavy atom. The van der Waals surface area contributed by atoms with Crippen LogP contribution in [-0.4, -0.2) is 34.6 Å². The Labute approximate surface area is 233 Å². The van der Waals surface area contributed by atoms with E-state index < -0.39 is 21.3 Å². The third kappa shape index (κ3) is 7.63. The average molecular weight is 561 g/mol. The Kier molecular flexibility index (Phi) is 10.5. The molecular weight excluding hydrogens is 536 g/mol. The Balaban J connectivity index is 0.000000226. The van der Waals surface area contributed by atoms with E-state index in [1.54, 1.807) is 0 Å². The molecule has 0 aliphatic heterocycles. The third-order valence-corrected chi connectivity index (χ3v) is 5.60. The molecule has 0 fully saturated rings. The van der Waals surface area contributed by atoms with E-state index in [2.05, 4.69) is 0 Å². The van der Waals surface area contributed by atoms with E-state index >= 15 is 0 Å². The highest BCUT2D eigenvalue weighted by molar-refractivity contribution is 5.88. The van der Waals surface area contributed by atoms with Gasteiger partial charge in [0, 0.05) is 12.1 Å². The molecule has 41 heavy (non-hydrogen) atoms. The van der Waals surface area contributed by atoms with Crippen LogP contribution in [0.2, 0.25) is 0 Å². The first kappa shape index (κ1) is 29.8. The third-order valence-electron chi connectivity index (χ3n) is 5.60. The number of rotatable bonds is 11. The number of nitrogens with zero attached hydrogens (tertiary/aromatic N) is 2. The first-order chi connectivity index (χ1) is 19.8. The average Bonchev–Trinajstić information content (AvgIpc) is 2.99. The summed E-state index contributed by atoms with van der Waals surface area (Å²) in [5.74, 6) is -0.143. The number of carbonyl (C=O) groups excluding carboxylic acids is 2. The second-order valence-electron chi connectivity index (χ2n) is 8.17. The maximum absolute atomic E-state index is 11.1. The maximum atomic E-state index is 11.1. The number of nitro benzene ring substituents is 2. The summed E-state index contributed by atoms with van der Waals surface area (Å²) in [5.41, 5.74) is 0.524. The minimum Gasteiger partial charge on any atom is -0.504 e. The van der Waals surface area contributed by atoms with Crippen LogP contribution in [-0.2, 0) is 13.2 Å². The van der Waals surface area contributed by atoms with E-state index in [1.165, 1.54) is 25.3 Å². The molecule has 4 rings (SSSR count). The Morgan fingerprint density at radius 2 is 1.12 bits per heavy atom. The van der Waals surface area contributed by atoms with E-state index in [1.807, 2.05) is 60.7 Å². The lowest BCUT2D eigenvalue weighted by Crippen LogP contribution is -2.02. The summed E-state index contributed by atoms with van der Waals surface area (Å²) in [5, 5.41) is 31.4. The van der Waals surface area contributed by atoms with Crippen molar-refractivity contribution < 1.29 is 38.8 Å². The number of aromatic hydroxyl groups is 1. The number of aldehydes is 2. The molecule has 0 atom stereocenters. The lowest BCUT2D eigenvalue weighted by Gasteiger charge is -2.12. The predicted molar refractivity (Wildman–Crippen MR) is 147 cm³/mol. The molecule has 0 aliphatic carbocycles. The Morgan fingerprint density at radius 1 is 0.683 bits per heavy atom. The summed E-state index contributed by atoms with van der Waals surface area (Å²) in [4.78, 5) is 42.2. The fourth-order valence-electron chi connectivity index (χ4n) is 3.61. The molecule has 0 amide bonds. The van der Waals surface area contributed by atoms with Crippen molar-refractivity contribution in [2.75, 3.05) is 7.11 Å². The zero-order valence-electron chi connectivity index (χ0n) is 21.7. The number of methoxy groups -OCH3 is 1. The summed E-state index contributed by atoms with van der Waals surface area (Å²) in [6.45, 7) is 0.456. The van der Waals surface area contributed by atoms with Gasteiger partial charge in [0.1, 0.15) is 24.3 Å². The van der Waals surface area contributed by atoms with Crippen LogP contribution in [0.1, 0.15) is 31.8 Å². The maximum Gasteiger partial charge on any atom is 0.283 e. The van der Waals surface area contributed by atoms with Gasteiger partial charge in [-0.05, 0) is 23.3 Å². The topological polar surface area (TPSA) is 168 Å². The highest BCUT2D eigenvalue weighted by atomic mass is 16.6. The first-order valence-electron chi connectivity index (χ1n) is 11.9. The number of nitro groups is 2. The normalized spacial score (nSPS) is 9.98. The van der Waals surface area contributed by atoms with Crippen LogP contribution in [0.25, 0.3) is 0 Å². The van der Waals surface area contributed by atoms with Gasteiger partial charge >= 0.3 is 0 Å². The van der Waals surface area contributed by atoms with Crippen molar-refractivity contribution in [2.45, 2.75) is 13.2 Å². The van der Waals surface area contributed by atoms with Crippen molar-refractivity contribution >= 4 is 23.9 Å². The van der Waals surface area contributed by atoms with E-state index in [-0.39, 0.29) is 53.6 Å². The van der Waals surface area contributed by atoms with Crippen LogP contribution in [0.3, 0.4) is 0 Å². The molecule has 0 spiro atoms. The number of phenols is 1. The quantitative estimate of drug-likeness (QED) is 0.137. The minimum absolute atomic E-state index is 0.0292. The highest BCUT2D eigenvalue weighted by Gasteiger charge is 2.22. The molecule has 210 valence electrons. The summed E-state index contributed by atoms with van der Waals surface area (Å²) < 4.78 is 16.0. The number of phenolic OH excluding ortho intramolecular Hbond substituents is 1.